The fraction of sp³-hybridized carbons (Fsp3) is 0.310. The van der Waals surface area contributed by atoms with Gasteiger partial charge in [-0.2, -0.15) is 0 Å². The Balaban J connectivity index is 2.06. The van der Waals surface area contributed by atoms with Crippen LogP contribution in [0.15, 0.2) is 77.7 Å². The zero-order chi connectivity index (χ0) is 28.0. The van der Waals surface area contributed by atoms with Crippen LogP contribution in [0.2, 0.25) is 5.02 Å². The third-order valence-corrected chi connectivity index (χ3v) is 7.97. The molecule has 0 radical (unpaired) electrons. The van der Waals surface area contributed by atoms with Crippen LogP contribution in [0.4, 0.5) is 5.69 Å². The molecule has 0 heterocycles. The third-order valence-electron chi connectivity index (χ3n) is 5.94. The Morgan fingerprint density at radius 1 is 0.895 bits per heavy atom. The third kappa shape index (κ3) is 7.36. The van der Waals surface area contributed by atoms with E-state index in [2.05, 4.69) is 5.32 Å². The first kappa shape index (κ1) is 29.2. The van der Waals surface area contributed by atoms with Gasteiger partial charge in [0.05, 0.1) is 10.6 Å². The second-order valence-electron chi connectivity index (χ2n) is 9.66. The zero-order valence-corrected chi connectivity index (χ0v) is 23.9. The van der Waals surface area contributed by atoms with Crippen LogP contribution in [0.3, 0.4) is 0 Å². The Bertz CT molecular complexity index is 1370. The number of benzene rings is 3. The molecule has 0 fully saturated rings. The predicted molar refractivity (Wildman–Crippen MR) is 152 cm³/mol. The van der Waals surface area contributed by atoms with Gasteiger partial charge < -0.3 is 10.2 Å². The van der Waals surface area contributed by atoms with Crippen molar-refractivity contribution in [3.8, 4) is 0 Å². The molecule has 2 amide bonds. The summed E-state index contributed by atoms with van der Waals surface area (Å²) in [6.07, 6.45) is 0. The molecule has 0 spiro atoms. The highest BCUT2D eigenvalue weighted by Crippen LogP contribution is 2.26. The van der Waals surface area contributed by atoms with Gasteiger partial charge >= 0.3 is 0 Å². The summed E-state index contributed by atoms with van der Waals surface area (Å²) in [5.74, 6) is -0.853. The maximum Gasteiger partial charge on any atom is 0.264 e. The Labute approximate surface area is 230 Å². The van der Waals surface area contributed by atoms with Crippen LogP contribution >= 0.6 is 11.6 Å². The number of sulfonamides is 1. The quantitative estimate of drug-likeness (QED) is 0.377. The highest BCUT2D eigenvalue weighted by Gasteiger charge is 2.32. The minimum absolute atomic E-state index is 0.0685. The average molecular weight is 556 g/mol. The van der Waals surface area contributed by atoms with Crippen molar-refractivity contribution >= 4 is 39.1 Å². The SMILES string of the molecule is Cc1cc(C)cc(N(CC(=O)N(Cc2cccc(Cl)c2)[C@H](C)C(=O)NC(C)C)S(=O)(=O)c2ccccc2)c1. The number of halogens is 1. The Hall–Kier alpha value is -3.36. The molecule has 0 aliphatic carbocycles. The molecule has 3 aromatic rings. The van der Waals surface area contributed by atoms with E-state index in [0.29, 0.717) is 10.7 Å². The van der Waals surface area contributed by atoms with Crippen molar-refractivity contribution in [1.82, 2.24) is 10.2 Å². The van der Waals surface area contributed by atoms with E-state index in [9.17, 15) is 18.0 Å². The fourth-order valence-electron chi connectivity index (χ4n) is 4.16. The number of amides is 2. The van der Waals surface area contributed by atoms with Crippen molar-refractivity contribution in [2.45, 2.75) is 58.1 Å². The number of hydrogen-bond donors (Lipinski definition) is 1. The molecule has 0 saturated heterocycles. The molecule has 0 aliphatic heterocycles. The van der Waals surface area contributed by atoms with E-state index < -0.39 is 28.5 Å². The molecule has 7 nitrogen and oxygen atoms in total. The van der Waals surface area contributed by atoms with Crippen molar-refractivity contribution < 1.29 is 18.0 Å². The van der Waals surface area contributed by atoms with Crippen molar-refractivity contribution in [2.24, 2.45) is 0 Å². The van der Waals surface area contributed by atoms with E-state index in [4.69, 9.17) is 11.6 Å². The molecule has 9 heteroatoms. The first-order valence-electron chi connectivity index (χ1n) is 12.4. The number of carbonyl (C=O) groups is 2. The molecule has 38 heavy (non-hydrogen) atoms. The lowest BCUT2D eigenvalue weighted by Crippen LogP contribution is -2.52. The summed E-state index contributed by atoms with van der Waals surface area (Å²) in [5, 5.41) is 3.34. The molecule has 3 aromatic carbocycles. The van der Waals surface area contributed by atoms with Gasteiger partial charge in [0.1, 0.15) is 12.6 Å². The van der Waals surface area contributed by atoms with Gasteiger partial charge in [0.2, 0.25) is 11.8 Å². The van der Waals surface area contributed by atoms with Gasteiger partial charge in [-0.1, -0.05) is 48.0 Å². The highest BCUT2D eigenvalue weighted by molar-refractivity contribution is 7.92. The Kier molecular flexibility index (Phi) is 9.57. The molecule has 0 saturated carbocycles. The maximum atomic E-state index is 13.9. The van der Waals surface area contributed by atoms with Gasteiger partial charge in [-0.25, -0.2) is 8.42 Å². The summed E-state index contributed by atoms with van der Waals surface area (Å²) in [7, 11) is -4.10. The van der Waals surface area contributed by atoms with Gasteiger partial charge in [-0.3, -0.25) is 13.9 Å². The van der Waals surface area contributed by atoms with E-state index in [0.717, 1.165) is 21.0 Å². The van der Waals surface area contributed by atoms with Crippen LogP contribution in [-0.2, 0) is 26.2 Å². The summed E-state index contributed by atoms with van der Waals surface area (Å²) in [5.41, 5.74) is 2.82. The zero-order valence-electron chi connectivity index (χ0n) is 22.3. The minimum Gasteiger partial charge on any atom is -0.352 e. The molecule has 1 N–H and O–H groups in total. The molecule has 0 bridgehead atoms. The maximum absolute atomic E-state index is 13.9. The van der Waals surface area contributed by atoms with Gasteiger partial charge in [0.15, 0.2) is 0 Å². The Morgan fingerprint density at radius 2 is 1.53 bits per heavy atom. The summed E-state index contributed by atoms with van der Waals surface area (Å²) >= 11 is 6.17. The molecule has 3 rings (SSSR count). The van der Waals surface area contributed by atoms with Crippen molar-refractivity contribution in [3.63, 3.8) is 0 Å². The molecule has 0 aromatic heterocycles. The van der Waals surface area contributed by atoms with E-state index >= 15 is 0 Å². The average Bonchev–Trinajstić information content (AvgIpc) is 2.84. The Morgan fingerprint density at radius 3 is 2.11 bits per heavy atom. The summed E-state index contributed by atoms with van der Waals surface area (Å²) < 4.78 is 28.8. The number of carbonyl (C=O) groups excluding carboxylic acids is 2. The summed E-state index contributed by atoms with van der Waals surface area (Å²) in [6, 6.07) is 19.4. The van der Waals surface area contributed by atoms with E-state index in [1.165, 1.54) is 17.0 Å². The van der Waals surface area contributed by atoms with E-state index in [1.54, 1.807) is 55.5 Å². The fourth-order valence-corrected chi connectivity index (χ4v) is 5.79. The second kappa shape index (κ2) is 12.5. The molecule has 202 valence electrons. The van der Waals surface area contributed by atoms with Crippen LogP contribution in [0.5, 0.6) is 0 Å². The minimum atomic E-state index is -4.10. The standard InChI is InChI=1S/C29H34ClN3O4S/c1-20(2)31-29(35)23(5)32(18-24-10-9-11-25(30)17-24)28(34)19-33(26-15-21(3)14-22(4)16-26)38(36,37)27-12-7-6-8-13-27/h6-17,20,23H,18-19H2,1-5H3,(H,31,35)/t23-/m1/s1. The van der Waals surface area contributed by atoms with Crippen LogP contribution in [0, 0.1) is 13.8 Å². The lowest BCUT2D eigenvalue weighted by Gasteiger charge is -2.32. The molecule has 1 atom stereocenters. The van der Waals surface area contributed by atoms with E-state index in [1.807, 2.05) is 39.8 Å². The van der Waals surface area contributed by atoms with Gasteiger partial charge in [0, 0.05) is 17.6 Å². The summed E-state index contributed by atoms with van der Waals surface area (Å²) in [6.45, 7) is 8.64. The number of rotatable bonds is 10. The van der Waals surface area contributed by atoms with Gasteiger partial charge in [-0.15, -0.1) is 0 Å². The van der Waals surface area contributed by atoms with Crippen LogP contribution in [0.1, 0.15) is 37.5 Å². The molecular weight excluding hydrogens is 522 g/mol. The smallest absolute Gasteiger partial charge is 0.264 e. The number of hydrogen-bond acceptors (Lipinski definition) is 4. The van der Waals surface area contributed by atoms with Crippen LogP contribution < -0.4 is 9.62 Å². The molecule has 0 unspecified atom stereocenters. The van der Waals surface area contributed by atoms with Crippen LogP contribution in [-0.4, -0.2) is 43.8 Å². The number of anilines is 1. The topological polar surface area (TPSA) is 86.8 Å². The number of nitrogens with one attached hydrogen (secondary N) is 1. The monoisotopic (exact) mass is 555 g/mol. The van der Waals surface area contributed by atoms with Gasteiger partial charge in [0.25, 0.3) is 10.0 Å². The molecule has 0 aliphatic rings. The van der Waals surface area contributed by atoms with Crippen molar-refractivity contribution in [2.75, 3.05) is 10.8 Å². The first-order valence-corrected chi connectivity index (χ1v) is 14.2. The van der Waals surface area contributed by atoms with Crippen LogP contribution in [0.25, 0.3) is 0 Å². The summed E-state index contributed by atoms with van der Waals surface area (Å²) in [4.78, 5) is 28.3. The number of nitrogens with zero attached hydrogens (tertiary/aromatic N) is 2. The second-order valence-corrected chi connectivity index (χ2v) is 12.0. The lowest BCUT2D eigenvalue weighted by atomic mass is 10.1. The predicted octanol–water partition coefficient (Wildman–Crippen LogP) is 5.09. The van der Waals surface area contributed by atoms with Gasteiger partial charge in [-0.05, 0) is 87.7 Å². The first-order chi connectivity index (χ1) is 17.9. The highest BCUT2D eigenvalue weighted by atomic mass is 35.5. The van der Waals surface area contributed by atoms with Crippen molar-refractivity contribution in [3.05, 3.63) is 94.5 Å². The normalized spacial score (nSPS) is 12.2. The largest absolute Gasteiger partial charge is 0.352 e. The molecular formula is C29H34ClN3O4S. The number of aryl methyl sites for hydroxylation is 2. The lowest BCUT2D eigenvalue weighted by molar-refractivity contribution is -0.139. The van der Waals surface area contributed by atoms with Crippen molar-refractivity contribution in [1.29, 1.82) is 0 Å². The van der Waals surface area contributed by atoms with E-state index in [-0.39, 0.29) is 23.4 Å².